The molecule has 0 saturated carbocycles. The number of hydrogen-bond donors (Lipinski definition) is 1. The second-order valence-corrected chi connectivity index (χ2v) is 6.97. The predicted molar refractivity (Wildman–Crippen MR) is 56.8 cm³/mol. The first-order chi connectivity index (χ1) is 7.21. The highest BCUT2D eigenvalue weighted by molar-refractivity contribution is 7.94. The van der Waals surface area contributed by atoms with Crippen LogP contribution in [0.1, 0.15) is 5.69 Å². The van der Waals surface area contributed by atoms with Crippen LogP contribution in [0.3, 0.4) is 0 Å². The molecule has 1 rings (SSSR count). The average Bonchev–Trinajstić information content (AvgIpc) is 2.14. The van der Waals surface area contributed by atoms with Crippen molar-refractivity contribution in [3.63, 3.8) is 0 Å². The van der Waals surface area contributed by atoms with Crippen LogP contribution in [0.25, 0.3) is 0 Å². The first-order valence-corrected chi connectivity index (χ1v) is 7.59. The lowest BCUT2D eigenvalue weighted by atomic mass is 10.5. The fourth-order valence-electron chi connectivity index (χ4n) is 0.931. The number of sulfonamides is 1. The Morgan fingerprint density at radius 2 is 1.81 bits per heavy atom. The van der Waals surface area contributed by atoms with Gasteiger partial charge in [-0.15, -0.1) is 0 Å². The number of rotatable bonds is 4. The van der Waals surface area contributed by atoms with Gasteiger partial charge in [0, 0.05) is 5.69 Å². The predicted octanol–water partition coefficient (Wildman–Crippen LogP) is -1.15. The molecule has 16 heavy (non-hydrogen) atoms. The van der Waals surface area contributed by atoms with Crippen molar-refractivity contribution < 1.29 is 16.8 Å². The molecule has 0 saturated heterocycles. The van der Waals surface area contributed by atoms with Crippen LogP contribution in [-0.4, -0.2) is 38.3 Å². The van der Waals surface area contributed by atoms with E-state index in [4.69, 9.17) is 5.14 Å². The molecule has 0 amide bonds. The Morgan fingerprint density at radius 1 is 1.19 bits per heavy atom. The molecule has 0 aliphatic rings. The number of aryl methyl sites for hydroxylation is 1. The van der Waals surface area contributed by atoms with Gasteiger partial charge in [0.1, 0.15) is 6.33 Å². The number of nitrogens with zero attached hydrogens (tertiary/aromatic N) is 2. The molecule has 0 atom stereocenters. The van der Waals surface area contributed by atoms with E-state index in [2.05, 4.69) is 9.97 Å². The van der Waals surface area contributed by atoms with Crippen LogP contribution < -0.4 is 5.14 Å². The number of aromatic nitrogens is 2. The van der Waals surface area contributed by atoms with Crippen molar-refractivity contribution in [1.82, 2.24) is 9.97 Å². The molecule has 1 heterocycles. The van der Waals surface area contributed by atoms with Crippen LogP contribution in [0.2, 0.25) is 0 Å². The monoisotopic (exact) mass is 265 g/mol. The van der Waals surface area contributed by atoms with Crippen LogP contribution in [0.5, 0.6) is 0 Å². The first-order valence-electron chi connectivity index (χ1n) is 4.22. The topological polar surface area (TPSA) is 120 Å². The van der Waals surface area contributed by atoms with E-state index in [-0.39, 0.29) is 5.03 Å². The molecule has 0 fully saturated rings. The van der Waals surface area contributed by atoms with Crippen LogP contribution >= 0.6 is 0 Å². The smallest absolute Gasteiger partial charge is 0.210 e. The molecule has 0 aliphatic heterocycles. The molecule has 0 aromatic carbocycles. The minimum atomic E-state index is -3.80. The molecular formula is C7H11N3O4S2. The van der Waals surface area contributed by atoms with Crippen molar-refractivity contribution >= 4 is 19.9 Å². The average molecular weight is 265 g/mol. The van der Waals surface area contributed by atoms with Crippen molar-refractivity contribution in [2.45, 2.75) is 11.9 Å². The maximum absolute atomic E-state index is 11.6. The van der Waals surface area contributed by atoms with Crippen molar-refractivity contribution in [2.24, 2.45) is 5.14 Å². The second-order valence-electron chi connectivity index (χ2n) is 3.18. The number of nitrogens with two attached hydrogens (primary N) is 1. The maximum Gasteiger partial charge on any atom is 0.210 e. The summed E-state index contributed by atoms with van der Waals surface area (Å²) in [5, 5.41) is 4.53. The van der Waals surface area contributed by atoms with Crippen molar-refractivity contribution in [1.29, 1.82) is 0 Å². The van der Waals surface area contributed by atoms with Gasteiger partial charge in [0.25, 0.3) is 0 Å². The second kappa shape index (κ2) is 4.44. The van der Waals surface area contributed by atoms with E-state index in [0.29, 0.717) is 5.69 Å². The van der Waals surface area contributed by atoms with E-state index >= 15 is 0 Å². The largest absolute Gasteiger partial charge is 0.242 e. The lowest BCUT2D eigenvalue weighted by Gasteiger charge is -2.02. The zero-order valence-electron chi connectivity index (χ0n) is 8.49. The highest BCUT2D eigenvalue weighted by Gasteiger charge is 2.19. The van der Waals surface area contributed by atoms with Gasteiger partial charge in [-0.2, -0.15) is 0 Å². The summed E-state index contributed by atoms with van der Waals surface area (Å²) < 4.78 is 44.6. The van der Waals surface area contributed by atoms with Gasteiger partial charge in [-0.25, -0.2) is 31.9 Å². The Balaban J connectivity index is 2.95. The normalized spacial score (nSPS) is 12.6. The Hall–Kier alpha value is -1.06. The summed E-state index contributed by atoms with van der Waals surface area (Å²) in [5.41, 5.74) is 0.490. The maximum atomic E-state index is 11.6. The van der Waals surface area contributed by atoms with Crippen LogP contribution in [0, 0.1) is 6.92 Å². The Labute approximate surface area is 93.7 Å². The van der Waals surface area contributed by atoms with Crippen molar-refractivity contribution in [3.05, 3.63) is 18.1 Å². The van der Waals surface area contributed by atoms with Gasteiger partial charge in [-0.3, -0.25) is 0 Å². The van der Waals surface area contributed by atoms with Gasteiger partial charge < -0.3 is 0 Å². The fourth-order valence-corrected chi connectivity index (χ4v) is 3.50. The summed E-state index contributed by atoms with van der Waals surface area (Å²) >= 11 is 0. The first kappa shape index (κ1) is 13.0. The molecular weight excluding hydrogens is 254 g/mol. The highest BCUT2D eigenvalue weighted by Crippen LogP contribution is 2.07. The van der Waals surface area contributed by atoms with Crippen LogP contribution in [0.15, 0.2) is 17.4 Å². The Morgan fingerprint density at radius 3 is 2.31 bits per heavy atom. The van der Waals surface area contributed by atoms with Crippen molar-refractivity contribution in [3.8, 4) is 0 Å². The molecule has 0 bridgehead atoms. The third-order valence-electron chi connectivity index (χ3n) is 1.73. The third-order valence-corrected chi connectivity index (χ3v) is 4.37. The third kappa shape index (κ3) is 3.83. The molecule has 0 unspecified atom stereocenters. The van der Waals surface area contributed by atoms with E-state index in [1.165, 1.54) is 6.07 Å². The lowest BCUT2D eigenvalue weighted by Crippen LogP contribution is -2.23. The molecule has 2 N–H and O–H groups in total. The molecule has 0 radical (unpaired) electrons. The van der Waals surface area contributed by atoms with E-state index in [1.54, 1.807) is 6.92 Å². The lowest BCUT2D eigenvalue weighted by molar-refractivity contribution is 0.585. The van der Waals surface area contributed by atoms with Gasteiger partial charge in [-0.1, -0.05) is 0 Å². The van der Waals surface area contributed by atoms with E-state index in [0.717, 1.165) is 6.33 Å². The molecule has 7 nitrogen and oxygen atoms in total. The molecule has 0 aliphatic carbocycles. The molecule has 1 aromatic rings. The molecule has 1 aromatic heterocycles. The minimum Gasteiger partial charge on any atom is -0.242 e. The minimum absolute atomic E-state index is 0.191. The summed E-state index contributed by atoms with van der Waals surface area (Å²) in [6.07, 6.45) is 1.11. The molecule has 9 heteroatoms. The van der Waals surface area contributed by atoms with Crippen LogP contribution in [-0.2, 0) is 19.9 Å². The molecule has 90 valence electrons. The van der Waals surface area contributed by atoms with Gasteiger partial charge in [0.05, 0.1) is 11.5 Å². The van der Waals surface area contributed by atoms with Crippen molar-refractivity contribution in [2.75, 3.05) is 11.5 Å². The van der Waals surface area contributed by atoms with Gasteiger partial charge in [0.15, 0.2) is 14.9 Å². The van der Waals surface area contributed by atoms with Gasteiger partial charge in [-0.05, 0) is 13.0 Å². The zero-order valence-corrected chi connectivity index (χ0v) is 10.1. The van der Waals surface area contributed by atoms with Crippen LogP contribution in [0.4, 0.5) is 0 Å². The number of hydrogen-bond acceptors (Lipinski definition) is 6. The summed E-state index contributed by atoms with van der Waals surface area (Å²) in [6, 6.07) is 1.28. The number of sulfone groups is 1. The summed E-state index contributed by atoms with van der Waals surface area (Å²) in [7, 11) is -7.52. The van der Waals surface area contributed by atoms with E-state index in [9.17, 15) is 16.8 Å². The van der Waals surface area contributed by atoms with E-state index in [1.807, 2.05) is 0 Å². The number of primary sulfonamides is 1. The van der Waals surface area contributed by atoms with Gasteiger partial charge >= 0.3 is 0 Å². The highest BCUT2D eigenvalue weighted by atomic mass is 32.2. The van der Waals surface area contributed by atoms with E-state index < -0.39 is 31.4 Å². The Kier molecular flexibility index (Phi) is 3.61. The van der Waals surface area contributed by atoms with Gasteiger partial charge in [0.2, 0.25) is 10.0 Å². The summed E-state index contributed by atoms with van der Waals surface area (Å²) in [6.45, 7) is 1.61. The quantitative estimate of drug-likeness (QED) is 0.686. The zero-order chi connectivity index (χ0) is 12.4. The SMILES string of the molecule is Cc1cc(S(=O)(=O)CCS(N)(=O)=O)ncn1. The fraction of sp³-hybridized carbons (Fsp3) is 0.429. The standard InChI is InChI=1S/C7H11N3O4S2/c1-6-4-7(10-5-9-6)15(11,12)2-3-16(8,13)14/h4-5H,2-3H2,1H3,(H2,8,13,14). The Bertz CT molecular complexity index is 579. The molecule has 0 spiro atoms. The summed E-state index contributed by atoms with van der Waals surface area (Å²) in [5.74, 6) is -1.21. The summed E-state index contributed by atoms with van der Waals surface area (Å²) in [4.78, 5) is 7.32.